The van der Waals surface area contributed by atoms with Gasteiger partial charge in [0.1, 0.15) is 5.82 Å². The van der Waals surface area contributed by atoms with E-state index in [1.54, 1.807) is 18.2 Å². The number of rotatable bonds is 6. The summed E-state index contributed by atoms with van der Waals surface area (Å²) in [4.78, 5) is 12.3. The van der Waals surface area contributed by atoms with E-state index in [-0.39, 0.29) is 33.7 Å². The Labute approximate surface area is 147 Å². The fourth-order valence-electron chi connectivity index (χ4n) is 2.29. The molecule has 7 heteroatoms. The number of benzene rings is 2. The highest BCUT2D eigenvalue weighted by molar-refractivity contribution is 7.92. The van der Waals surface area contributed by atoms with Crippen LogP contribution < -0.4 is 10.0 Å². The third kappa shape index (κ3) is 4.57. The van der Waals surface area contributed by atoms with Gasteiger partial charge < -0.3 is 5.32 Å². The Balaban J connectivity index is 2.35. The van der Waals surface area contributed by atoms with Crippen molar-refractivity contribution in [3.63, 3.8) is 0 Å². The third-order valence-corrected chi connectivity index (χ3v) is 5.36. The van der Waals surface area contributed by atoms with Crippen LogP contribution in [0.15, 0.2) is 47.4 Å². The Morgan fingerprint density at radius 2 is 1.88 bits per heavy atom. The number of aryl methyl sites for hydroxylation is 1. The first-order chi connectivity index (χ1) is 11.7. The maximum Gasteiger partial charge on any atom is 0.262 e. The van der Waals surface area contributed by atoms with Gasteiger partial charge in [-0.25, -0.2) is 12.8 Å². The first-order valence-electron chi connectivity index (χ1n) is 7.93. The molecule has 25 heavy (non-hydrogen) atoms. The zero-order valence-electron chi connectivity index (χ0n) is 14.3. The molecule has 1 amide bonds. The molecule has 2 N–H and O–H groups in total. The molecule has 134 valence electrons. The molecule has 0 saturated heterocycles. The van der Waals surface area contributed by atoms with Gasteiger partial charge >= 0.3 is 0 Å². The summed E-state index contributed by atoms with van der Waals surface area (Å²) in [7, 11) is -3.95. The molecule has 0 aliphatic rings. The van der Waals surface area contributed by atoms with E-state index in [1.807, 2.05) is 13.8 Å². The number of nitrogens with one attached hydrogen (secondary N) is 2. The Morgan fingerprint density at radius 3 is 2.52 bits per heavy atom. The first-order valence-corrected chi connectivity index (χ1v) is 9.41. The van der Waals surface area contributed by atoms with Crippen molar-refractivity contribution in [2.45, 2.75) is 38.1 Å². The van der Waals surface area contributed by atoms with Gasteiger partial charge in [0.2, 0.25) is 0 Å². The number of halogens is 1. The lowest BCUT2D eigenvalue weighted by atomic mass is 10.1. The summed E-state index contributed by atoms with van der Waals surface area (Å²) in [6.07, 6.45) is 0.758. The number of hydrogen-bond donors (Lipinski definition) is 2. The second-order valence-corrected chi connectivity index (χ2v) is 7.49. The predicted octanol–water partition coefficient (Wildman–Crippen LogP) is 3.46. The van der Waals surface area contributed by atoms with Gasteiger partial charge in [0.15, 0.2) is 0 Å². The van der Waals surface area contributed by atoms with E-state index in [0.29, 0.717) is 0 Å². The van der Waals surface area contributed by atoms with Crippen molar-refractivity contribution in [1.29, 1.82) is 0 Å². The van der Waals surface area contributed by atoms with Crippen molar-refractivity contribution >= 4 is 21.6 Å². The molecule has 0 bridgehead atoms. The zero-order valence-corrected chi connectivity index (χ0v) is 15.2. The molecule has 5 nitrogen and oxygen atoms in total. The van der Waals surface area contributed by atoms with Crippen molar-refractivity contribution in [1.82, 2.24) is 5.32 Å². The van der Waals surface area contributed by atoms with E-state index < -0.39 is 15.8 Å². The van der Waals surface area contributed by atoms with Crippen LogP contribution in [0.3, 0.4) is 0 Å². The predicted molar refractivity (Wildman–Crippen MR) is 95.6 cm³/mol. The Hall–Kier alpha value is -2.41. The minimum absolute atomic E-state index is 0.0310. The highest BCUT2D eigenvalue weighted by Crippen LogP contribution is 2.23. The lowest BCUT2D eigenvalue weighted by Crippen LogP contribution is -2.32. The lowest BCUT2D eigenvalue weighted by Gasteiger charge is -2.16. The highest BCUT2D eigenvalue weighted by atomic mass is 32.2. The number of para-hydroxylation sites is 1. The minimum Gasteiger partial charge on any atom is -0.350 e. The fourth-order valence-corrected chi connectivity index (χ4v) is 3.60. The number of amides is 1. The van der Waals surface area contributed by atoms with Gasteiger partial charge in [-0.05, 0) is 56.2 Å². The molecule has 0 unspecified atom stereocenters. The van der Waals surface area contributed by atoms with Gasteiger partial charge in [-0.1, -0.05) is 19.1 Å². The normalized spacial score (nSPS) is 12.5. The molecular weight excluding hydrogens is 343 g/mol. The fraction of sp³-hybridized carbons (Fsp3) is 0.278. The van der Waals surface area contributed by atoms with Crippen molar-refractivity contribution in [3.05, 3.63) is 59.4 Å². The topological polar surface area (TPSA) is 75.3 Å². The molecule has 0 aliphatic heterocycles. The summed E-state index contributed by atoms with van der Waals surface area (Å²) in [5.41, 5.74) is 0.687. The summed E-state index contributed by atoms with van der Waals surface area (Å²) >= 11 is 0. The second-order valence-electron chi connectivity index (χ2n) is 5.84. The molecule has 1 atom stereocenters. The number of hydrogen-bond acceptors (Lipinski definition) is 3. The highest BCUT2D eigenvalue weighted by Gasteiger charge is 2.21. The Bertz CT molecular complexity index is 882. The molecule has 2 aromatic rings. The van der Waals surface area contributed by atoms with E-state index in [4.69, 9.17) is 0 Å². The van der Waals surface area contributed by atoms with Crippen LogP contribution >= 0.6 is 0 Å². The van der Waals surface area contributed by atoms with Crippen LogP contribution in [0.25, 0.3) is 0 Å². The zero-order chi connectivity index (χ0) is 18.6. The van der Waals surface area contributed by atoms with Crippen LogP contribution in [0.1, 0.15) is 36.2 Å². The van der Waals surface area contributed by atoms with E-state index in [1.165, 1.54) is 19.1 Å². The van der Waals surface area contributed by atoms with Crippen LogP contribution in [0, 0.1) is 12.7 Å². The molecule has 0 aliphatic carbocycles. The molecule has 0 radical (unpaired) electrons. The molecule has 2 rings (SSSR count). The molecule has 0 spiro atoms. The largest absolute Gasteiger partial charge is 0.350 e. The van der Waals surface area contributed by atoms with Crippen molar-refractivity contribution in [2.24, 2.45) is 0 Å². The monoisotopic (exact) mass is 364 g/mol. The quantitative estimate of drug-likeness (QED) is 0.824. The number of carbonyl (C=O) groups is 1. The van der Waals surface area contributed by atoms with Crippen molar-refractivity contribution in [3.8, 4) is 0 Å². The number of anilines is 1. The summed E-state index contributed by atoms with van der Waals surface area (Å²) in [5.74, 6) is -0.867. The molecule has 0 heterocycles. The SMILES string of the molecule is CC[C@H](C)NC(=O)c1ccccc1NS(=O)(=O)c1ccc(F)cc1C. The van der Waals surface area contributed by atoms with Crippen molar-refractivity contribution in [2.75, 3.05) is 4.72 Å². The lowest BCUT2D eigenvalue weighted by molar-refractivity contribution is 0.0940. The molecule has 0 saturated carbocycles. The van der Waals surface area contributed by atoms with E-state index in [2.05, 4.69) is 10.0 Å². The maximum atomic E-state index is 13.2. The third-order valence-electron chi connectivity index (χ3n) is 3.83. The average molecular weight is 364 g/mol. The Kier molecular flexibility index (Phi) is 5.79. The van der Waals surface area contributed by atoms with Gasteiger partial charge in [-0.2, -0.15) is 0 Å². The van der Waals surface area contributed by atoms with Crippen LogP contribution in [0.2, 0.25) is 0 Å². The van der Waals surface area contributed by atoms with Gasteiger partial charge in [0, 0.05) is 6.04 Å². The van der Waals surface area contributed by atoms with Gasteiger partial charge in [0.25, 0.3) is 15.9 Å². The summed E-state index contributed by atoms with van der Waals surface area (Å²) in [5, 5.41) is 2.81. The second kappa shape index (κ2) is 7.65. The summed E-state index contributed by atoms with van der Waals surface area (Å²) in [6.45, 7) is 5.32. The Morgan fingerprint density at radius 1 is 1.20 bits per heavy atom. The first kappa shape index (κ1) is 18.9. The summed E-state index contributed by atoms with van der Waals surface area (Å²) in [6, 6.07) is 9.77. The maximum absolute atomic E-state index is 13.2. The van der Waals surface area contributed by atoms with Crippen LogP contribution in [0.5, 0.6) is 0 Å². The van der Waals surface area contributed by atoms with E-state index in [9.17, 15) is 17.6 Å². The van der Waals surface area contributed by atoms with Gasteiger partial charge in [0.05, 0.1) is 16.1 Å². The molecule has 2 aromatic carbocycles. The van der Waals surface area contributed by atoms with Crippen LogP contribution in [-0.4, -0.2) is 20.4 Å². The molecule has 0 fully saturated rings. The number of sulfonamides is 1. The average Bonchev–Trinajstić information content (AvgIpc) is 2.54. The van der Waals surface area contributed by atoms with Gasteiger partial charge in [-0.15, -0.1) is 0 Å². The smallest absolute Gasteiger partial charge is 0.262 e. The van der Waals surface area contributed by atoms with Crippen molar-refractivity contribution < 1.29 is 17.6 Å². The van der Waals surface area contributed by atoms with E-state index in [0.717, 1.165) is 18.6 Å². The van der Waals surface area contributed by atoms with E-state index >= 15 is 0 Å². The van der Waals surface area contributed by atoms with Gasteiger partial charge in [-0.3, -0.25) is 9.52 Å². The minimum atomic E-state index is -3.95. The van der Waals surface area contributed by atoms with Crippen LogP contribution in [0.4, 0.5) is 10.1 Å². The van der Waals surface area contributed by atoms with Crippen LogP contribution in [-0.2, 0) is 10.0 Å². The summed E-state index contributed by atoms with van der Waals surface area (Å²) < 4.78 is 40.9. The number of carbonyl (C=O) groups excluding carboxylic acids is 1. The molecular formula is C18H21FN2O3S. The molecule has 0 aromatic heterocycles. The standard InChI is InChI=1S/C18H21FN2O3S/c1-4-13(3)20-18(22)15-7-5-6-8-16(15)21-25(23,24)17-10-9-14(19)11-12(17)2/h5-11,13,21H,4H2,1-3H3,(H,20,22)/t13-/m0/s1.